The Morgan fingerprint density at radius 2 is 2.15 bits per heavy atom. The second kappa shape index (κ2) is 3.89. The van der Waals surface area contributed by atoms with Crippen molar-refractivity contribution in [3.8, 4) is 0 Å². The van der Waals surface area contributed by atoms with Crippen LogP contribution in [-0.4, -0.2) is 30.1 Å². The molecule has 0 saturated carbocycles. The number of aryl methyl sites for hydroxylation is 1. The van der Waals surface area contributed by atoms with E-state index in [0.717, 1.165) is 9.75 Å². The zero-order valence-electron chi connectivity index (χ0n) is 7.94. The molecule has 0 aliphatic heterocycles. The van der Waals surface area contributed by atoms with E-state index in [2.05, 4.69) is 0 Å². The molecule has 0 aromatic carbocycles. The van der Waals surface area contributed by atoms with E-state index in [1.165, 1.54) is 11.3 Å². The molecule has 4 heteroatoms. The number of likely N-dealkylation sites (N-methyl/N-ethyl adjacent to an activating group) is 1. The predicted octanol–water partition coefficient (Wildman–Crippen LogP) is 1.74. The summed E-state index contributed by atoms with van der Waals surface area (Å²) in [4.78, 5) is 14.6. The summed E-state index contributed by atoms with van der Waals surface area (Å²) < 4.78 is 0. The van der Waals surface area contributed by atoms with Gasteiger partial charge in [-0.25, -0.2) is 0 Å². The number of carbonyl (C=O) groups is 1. The highest BCUT2D eigenvalue weighted by molar-refractivity contribution is 7.12. The van der Waals surface area contributed by atoms with Gasteiger partial charge in [0.1, 0.15) is 6.04 Å². The molecule has 1 aromatic rings. The molecule has 0 bridgehead atoms. The molecule has 0 aliphatic carbocycles. The van der Waals surface area contributed by atoms with E-state index >= 15 is 0 Å². The number of hydrogen-bond acceptors (Lipinski definition) is 3. The van der Waals surface area contributed by atoms with Gasteiger partial charge in [0.05, 0.1) is 0 Å². The summed E-state index contributed by atoms with van der Waals surface area (Å²) in [5, 5.41) is 8.97. The molecule has 3 nitrogen and oxygen atoms in total. The second-order valence-corrected chi connectivity index (χ2v) is 4.47. The molecule has 0 aliphatic rings. The molecule has 1 atom stereocenters. The van der Waals surface area contributed by atoms with Crippen LogP contribution in [0.3, 0.4) is 0 Å². The van der Waals surface area contributed by atoms with Crippen LogP contribution in [0.4, 0.5) is 0 Å². The average Bonchev–Trinajstić information content (AvgIpc) is 2.34. The van der Waals surface area contributed by atoms with Crippen LogP contribution < -0.4 is 0 Å². The lowest BCUT2D eigenvalue weighted by Gasteiger charge is -2.18. The van der Waals surface area contributed by atoms with Gasteiger partial charge in [0, 0.05) is 9.75 Å². The van der Waals surface area contributed by atoms with E-state index in [9.17, 15) is 4.79 Å². The van der Waals surface area contributed by atoms with Gasteiger partial charge in [-0.1, -0.05) is 0 Å². The Hall–Kier alpha value is -0.870. The van der Waals surface area contributed by atoms with Crippen molar-refractivity contribution in [2.75, 3.05) is 14.1 Å². The van der Waals surface area contributed by atoms with E-state index < -0.39 is 12.0 Å². The van der Waals surface area contributed by atoms with Crippen LogP contribution in [0.25, 0.3) is 0 Å². The van der Waals surface area contributed by atoms with Crippen LogP contribution in [0.1, 0.15) is 15.8 Å². The van der Waals surface area contributed by atoms with E-state index in [0.29, 0.717) is 0 Å². The smallest absolute Gasteiger partial charge is 0.326 e. The summed E-state index contributed by atoms with van der Waals surface area (Å²) in [6.45, 7) is 1.97. The summed E-state index contributed by atoms with van der Waals surface area (Å²) >= 11 is 1.53. The molecule has 0 radical (unpaired) electrons. The maximum atomic E-state index is 10.9. The monoisotopic (exact) mass is 199 g/mol. The summed E-state index contributed by atoms with van der Waals surface area (Å²) in [5.41, 5.74) is 0. The van der Waals surface area contributed by atoms with Crippen LogP contribution in [0.5, 0.6) is 0 Å². The number of carboxylic acids is 1. The topological polar surface area (TPSA) is 40.5 Å². The van der Waals surface area contributed by atoms with Crippen molar-refractivity contribution < 1.29 is 9.90 Å². The Kier molecular flexibility index (Phi) is 3.06. The predicted molar refractivity (Wildman–Crippen MR) is 53.1 cm³/mol. The third kappa shape index (κ3) is 2.29. The summed E-state index contributed by atoms with van der Waals surface area (Å²) in [5.74, 6) is -0.799. The van der Waals surface area contributed by atoms with Crippen LogP contribution in [-0.2, 0) is 4.79 Å². The molecular weight excluding hydrogens is 186 g/mol. The summed E-state index contributed by atoms with van der Waals surface area (Å²) in [7, 11) is 3.54. The number of nitrogens with zero attached hydrogens (tertiary/aromatic N) is 1. The lowest BCUT2D eigenvalue weighted by molar-refractivity contribution is -0.142. The quantitative estimate of drug-likeness (QED) is 0.806. The van der Waals surface area contributed by atoms with Crippen molar-refractivity contribution >= 4 is 17.3 Å². The Balaban J connectivity index is 2.95. The van der Waals surface area contributed by atoms with Crippen LogP contribution in [0.15, 0.2) is 12.1 Å². The first-order chi connectivity index (χ1) is 6.02. The van der Waals surface area contributed by atoms with Gasteiger partial charge in [0.15, 0.2) is 0 Å². The fourth-order valence-electron chi connectivity index (χ4n) is 1.20. The highest BCUT2D eigenvalue weighted by Crippen LogP contribution is 2.25. The fraction of sp³-hybridized carbons (Fsp3) is 0.444. The Bertz CT molecular complexity index is 306. The minimum atomic E-state index is -0.799. The number of carboxylic acid groups (broad SMARTS) is 1. The van der Waals surface area contributed by atoms with Gasteiger partial charge in [-0.15, -0.1) is 11.3 Å². The Morgan fingerprint density at radius 3 is 2.46 bits per heavy atom. The first-order valence-corrected chi connectivity index (χ1v) is 4.79. The van der Waals surface area contributed by atoms with Gasteiger partial charge in [-0.05, 0) is 33.2 Å². The minimum Gasteiger partial charge on any atom is -0.480 e. The lowest BCUT2D eigenvalue weighted by atomic mass is 10.2. The maximum Gasteiger partial charge on any atom is 0.326 e. The van der Waals surface area contributed by atoms with E-state index in [-0.39, 0.29) is 0 Å². The molecule has 0 spiro atoms. The maximum absolute atomic E-state index is 10.9. The second-order valence-electron chi connectivity index (χ2n) is 3.15. The highest BCUT2D eigenvalue weighted by Gasteiger charge is 2.23. The van der Waals surface area contributed by atoms with Gasteiger partial charge in [0.2, 0.25) is 0 Å². The zero-order valence-corrected chi connectivity index (χ0v) is 8.76. The molecule has 1 aromatic heterocycles. The van der Waals surface area contributed by atoms with Crippen molar-refractivity contribution in [3.63, 3.8) is 0 Å². The molecule has 1 rings (SSSR count). The Morgan fingerprint density at radius 1 is 1.54 bits per heavy atom. The number of rotatable bonds is 3. The van der Waals surface area contributed by atoms with Crippen molar-refractivity contribution in [2.45, 2.75) is 13.0 Å². The SMILES string of the molecule is Cc1ccc(C(C(=O)O)N(C)C)s1. The third-order valence-corrected chi connectivity index (χ3v) is 2.83. The van der Waals surface area contributed by atoms with Gasteiger partial charge in [-0.3, -0.25) is 9.69 Å². The van der Waals surface area contributed by atoms with Gasteiger partial charge < -0.3 is 5.11 Å². The molecule has 0 fully saturated rings. The van der Waals surface area contributed by atoms with Crippen LogP contribution in [0.2, 0.25) is 0 Å². The van der Waals surface area contributed by atoms with Gasteiger partial charge in [-0.2, -0.15) is 0 Å². The lowest BCUT2D eigenvalue weighted by Crippen LogP contribution is -2.26. The van der Waals surface area contributed by atoms with Crippen molar-refractivity contribution in [1.29, 1.82) is 0 Å². The van der Waals surface area contributed by atoms with Gasteiger partial charge in [0.25, 0.3) is 0 Å². The highest BCUT2D eigenvalue weighted by atomic mass is 32.1. The first kappa shape index (κ1) is 10.2. The molecule has 1 heterocycles. The molecule has 1 unspecified atom stereocenters. The standard InChI is InChI=1S/C9H13NO2S/c1-6-4-5-7(13-6)8(9(11)12)10(2)3/h4-5,8H,1-3H3,(H,11,12). The number of thiophene rings is 1. The van der Waals surface area contributed by atoms with Crippen molar-refractivity contribution in [1.82, 2.24) is 4.90 Å². The van der Waals surface area contributed by atoms with Gasteiger partial charge >= 0.3 is 5.97 Å². The molecule has 13 heavy (non-hydrogen) atoms. The van der Waals surface area contributed by atoms with E-state index in [1.54, 1.807) is 19.0 Å². The van der Waals surface area contributed by atoms with E-state index in [4.69, 9.17) is 5.11 Å². The fourth-order valence-corrected chi connectivity index (χ4v) is 2.26. The number of aliphatic carboxylic acids is 1. The molecule has 0 amide bonds. The largest absolute Gasteiger partial charge is 0.480 e. The van der Waals surface area contributed by atoms with Crippen LogP contribution >= 0.6 is 11.3 Å². The third-order valence-electron chi connectivity index (χ3n) is 1.78. The normalized spacial score (nSPS) is 13.2. The summed E-state index contributed by atoms with van der Waals surface area (Å²) in [6, 6.07) is 3.30. The Labute approximate surface area is 81.6 Å². The summed E-state index contributed by atoms with van der Waals surface area (Å²) in [6.07, 6.45) is 0. The minimum absolute atomic E-state index is 0.515. The zero-order chi connectivity index (χ0) is 10.0. The van der Waals surface area contributed by atoms with E-state index in [1.807, 2.05) is 19.1 Å². The molecule has 0 saturated heterocycles. The first-order valence-electron chi connectivity index (χ1n) is 3.98. The molecule has 1 N–H and O–H groups in total. The molecular formula is C9H13NO2S. The average molecular weight is 199 g/mol. The van der Waals surface area contributed by atoms with Crippen LogP contribution in [0, 0.1) is 6.92 Å². The van der Waals surface area contributed by atoms with Crippen molar-refractivity contribution in [2.24, 2.45) is 0 Å². The number of hydrogen-bond donors (Lipinski definition) is 1. The molecule has 72 valence electrons. The van der Waals surface area contributed by atoms with Crippen molar-refractivity contribution in [3.05, 3.63) is 21.9 Å².